The number of pyridine rings is 1. The Balaban J connectivity index is 0.652. The van der Waals surface area contributed by atoms with Crippen LogP contribution in [0.25, 0.3) is 16.6 Å². The lowest BCUT2D eigenvalue weighted by molar-refractivity contribution is -0.384. The van der Waals surface area contributed by atoms with E-state index in [1.807, 2.05) is 30.3 Å². The molecule has 1 aliphatic carbocycles. The van der Waals surface area contributed by atoms with Crippen molar-refractivity contribution in [1.29, 1.82) is 0 Å². The number of nitrogens with one attached hydrogen (secondary N) is 4. The Morgan fingerprint density at radius 3 is 2.52 bits per heavy atom. The monoisotopic (exact) mass is 1250 g/mol. The van der Waals surface area contributed by atoms with E-state index >= 15 is 0 Å². The molecule has 0 bridgehead atoms. The number of sulfonamides is 1. The Hall–Kier alpha value is -8.17. The molecular formula is C66H73ClN10O11S. The van der Waals surface area contributed by atoms with Crippen molar-refractivity contribution in [3.05, 3.63) is 152 Å². The number of likely N-dealkylation sites (tertiary alicyclic amines) is 1. The number of fused-ring (bicyclic) bond motifs is 2. The molecule has 4 amide bonds. The molecular weight excluding hydrogens is 1180 g/mol. The van der Waals surface area contributed by atoms with Crippen molar-refractivity contribution in [2.75, 3.05) is 95.5 Å². The number of anilines is 2. The highest BCUT2D eigenvalue weighted by Gasteiger charge is 2.40. The van der Waals surface area contributed by atoms with E-state index in [9.17, 15) is 37.7 Å². The number of aromatic nitrogens is 2. The van der Waals surface area contributed by atoms with Gasteiger partial charge in [0.2, 0.25) is 11.8 Å². The molecule has 2 aromatic heterocycles. The summed E-state index contributed by atoms with van der Waals surface area (Å²) in [5, 5.41) is 19.5. The summed E-state index contributed by atoms with van der Waals surface area (Å²) in [6, 6.07) is 25.2. The molecule has 0 saturated carbocycles. The van der Waals surface area contributed by atoms with E-state index < -0.39 is 43.4 Å². The second-order valence-electron chi connectivity index (χ2n) is 24.1. The zero-order valence-corrected chi connectivity index (χ0v) is 51.6. The fourth-order valence-electron chi connectivity index (χ4n) is 12.5. The second-order valence-corrected chi connectivity index (χ2v) is 26.3. The lowest BCUT2D eigenvalue weighted by Crippen LogP contribution is -2.52. The SMILES string of the molecule is CC1(C)CCC(CN2CCN(c3ccc(C(=O)NS(=O)(=O)c4ccc(NCC5CCCN(CCOCCOCCC#Cc6cccc7c6C(=O)N(C6CCC(=O)NC6=O)C7)C5)c([N+](=O)[O-])c4)c(Oc4cnc5[nH]ccc5c4)c3)CC2)=C(c2ccc(Cl)cc2)C1. The Morgan fingerprint density at radius 2 is 1.72 bits per heavy atom. The summed E-state index contributed by atoms with van der Waals surface area (Å²) in [6.45, 7) is 13.1. The highest BCUT2D eigenvalue weighted by molar-refractivity contribution is 7.90. The van der Waals surface area contributed by atoms with Crippen LogP contribution in [0.4, 0.5) is 17.1 Å². The van der Waals surface area contributed by atoms with E-state index in [4.69, 9.17) is 25.8 Å². The van der Waals surface area contributed by atoms with Gasteiger partial charge in [-0.2, -0.15) is 0 Å². The number of carbonyl (C=O) groups excluding carboxylic acids is 4. The molecule has 3 fully saturated rings. The van der Waals surface area contributed by atoms with Crippen LogP contribution in [0.2, 0.25) is 5.02 Å². The third-order valence-electron chi connectivity index (χ3n) is 17.3. The fraction of sp³-hybridized carbons (Fsp3) is 0.409. The molecule has 5 aliphatic rings. The summed E-state index contributed by atoms with van der Waals surface area (Å²) in [5.41, 5.74) is 7.23. The van der Waals surface area contributed by atoms with Gasteiger partial charge in [0.25, 0.3) is 27.5 Å². The van der Waals surface area contributed by atoms with Crippen LogP contribution < -0.4 is 25.0 Å². The number of aromatic amines is 1. The molecule has 6 heterocycles. The first-order valence-corrected chi connectivity index (χ1v) is 32.2. The largest absolute Gasteiger partial charge is 0.455 e. The number of nitro groups is 1. The standard InChI is InChI=1S/C66H73ClN10O11S/c1-66(2)23-21-48(55(38-66)45-11-13-50(67)14-12-45)42-74-26-28-75(29-27-74)51-15-17-54(59(36-51)88-52-35-47-22-24-68-62(47)70-40-52)63(79)72-89(84,85)53-16-18-56(58(37-53)77(82)83)69-39-44-7-6-25-73(41-44)30-32-87-34-33-86-31-4-3-8-46-9-5-10-49-43-76(65(81)61(46)49)57-19-20-60(78)71-64(57)80/h5,9-18,22,24,35-37,40,44,57,69H,4,6-7,19-21,23,25-34,38-39,41-43H2,1-2H3,(H,68,70)(H,72,79)(H,71,78,80). The molecule has 11 rings (SSSR count). The average Bonchev–Trinajstić information content (AvgIpc) is 4.27. The van der Waals surface area contributed by atoms with E-state index in [0.717, 1.165) is 92.6 Å². The molecule has 21 nitrogen and oxygen atoms in total. The topological polar surface area (TPSA) is 251 Å². The number of nitrogens with zero attached hydrogens (tertiary/aromatic N) is 6. The number of nitro benzene ring substituents is 1. The highest BCUT2D eigenvalue weighted by atomic mass is 35.5. The minimum Gasteiger partial charge on any atom is -0.455 e. The summed E-state index contributed by atoms with van der Waals surface area (Å²) in [5.74, 6) is 4.74. The number of hydrogen-bond acceptors (Lipinski definition) is 16. The summed E-state index contributed by atoms with van der Waals surface area (Å²) in [7, 11) is -4.64. The minimum atomic E-state index is -4.64. The van der Waals surface area contributed by atoms with Crippen molar-refractivity contribution in [3.63, 3.8) is 0 Å². The van der Waals surface area contributed by atoms with Crippen LogP contribution in [0.15, 0.2) is 114 Å². The van der Waals surface area contributed by atoms with Crippen molar-refractivity contribution in [3.8, 4) is 23.3 Å². The molecule has 4 N–H and O–H groups in total. The van der Waals surface area contributed by atoms with Crippen molar-refractivity contribution in [1.82, 2.24) is 34.7 Å². The molecule has 6 aromatic rings. The number of benzene rings is 4. The number of carbonyl (C=O) groups is 4. The van der Waals surface area contributed by atoms with E-state index in [2.05, 4.69) is 77.8 Å². The number of rotatable bonds is 22. The number of halogens is 1. The maximum absolute atomic E-state index is 14.2. The molecule has 4 aromatic carbocycles. The maximum Gasteiger partial charge on any atom is 0.293 e. The van der Waals surface area contributed by atoms with Crippen molar-refractivity contribution in [2.45, 2.75) is 82.7 Å². The Bertz CT molecular complexity index is 3870. The van der Waals surface area contributed by atoms with Crippen LogP contribution >= 0.6 is 11.6 Å². The summed E-state index contributed by atoms with van der Waals surface area (Å²) < 4.78 is 48.1. The molecule has 4 aliphatic heterocycles. The van der Waals surface area contributed by atoms with Gasteiger partial charge in [0.15, 0.2) is 0 Å². The van der Waals surface area contributed by atoms with Crippen LogP contribution in [-0.2, 0) is 35.6 Å². The normalized spacial score (nSPS) is 19.0. The second kappa shape index (κ2) is 27.7. The molecule has 2 unspecified atom stereocenters. The van der Waals surface area contributed by atoms with Crippen LogP contribution in [0, 0.1) is 33.3 Å². The van der Waals surface area contributed by atoms with Crippen LogP contribution in [0.3, 0.4) is 0 Å². The Kier molecular flexibility index (Phi) is 19.4. The third kappa shape index (κ3) is 15.3. The first kappa shape index (κ1) is 62.4. The number of imide groups is 1. The summed E-state index contributed by atoms with van der Waals surface area (Å²) in [6.07, 6.45) is 9.15. The van der Waals surface area contributed by atoms with Gasteiger partial charge < -0.3 is 39.2 Å². The number of ether oxygens (including phenoxy) is 3. The Morgan fingerprint density at radius 1 is 0.910 bits per heavy atom. The van der Waals surface area contributed by atoms with Crippen LogP contribution in [-0.4, -0.2) is 153 Å². The molecule has 0 spiro atoms. The predicted octanol–water partition coefficient (Wildman–Crippen LogP) is 9.18. The molecule has 0 radical (unpaired) electrons. The van der Waals surface area contributed by atoms with E-state index in [1.54, 1.807) is 30.5 Å². The zero-order chi connectivity index (χ0) is 62.2. The molecule has 89 heavy (non-hydrogen) atoms. The van der Waals surface area contributed by atoms with Gasteiger partial charge in [0.1, 0.15) is 28.9 Å². The van der Waals surface area contributed by atoms with Gasteiger partial charge in [-0.15, -0.1) is 0 Å². The smallest absolute Gasteiger partial charge is 0.293 e. The zero-order valence-electron chi connectivity index (χ0n) is 50.0. The van der Waals surface area contributed by atoms with Crippen LogP contribution in [0.1, 0.15) is 103 Å². The summed E-state index contributed by atoms with van der Waals surface area (Å²) in [4.78, 5) is 79.1. The van der Waals surface area contributed by atoms with Crippen molar-refractivity contribution in [2.24, 2.45) is 11.3 Å². The first-order valence-electron chi connectivity index (χ1n) is 30.4. The van der Waals surface area contributed by atoms with Gasteiger partial charge in [-0.25, -0.2) is 18.1 Å². The fourth-order valence-corrected chi connectivity index (χ4v) is 13.6. The Labute approximate surface area is 522 Å². The number of piperazine rings is 1. The quantitative estimate of drug-likeness (QED) is 0.0163. The molecule has 23 heteroatoms. The van der Waals surface area contributed by atoms with Gasteiger partial charge in [-0.3, -0.25) is 39.5 Å². The van der Waals surface area contributed by atoms with Crippen LogP contribution in [0.5, 0.6) is 11.5 Å². The number of amides is 4. The highest BCUT2D eigenvalue weighted by Crippen LogP contribution is 2.44. The minimum absolute atomic E-state index is 0.0610. The van der Waals surface area contributed by atoms with Gasteiger partial charge >= 0.3 is 0 Å². The van der Waals surface area contributed by atoms with Gasteiger partial charge in [-0.05, 0) is 128 Å². The third-order valence-corrected chi connectivity index (χ3v) is 18.9. The number of allylic oxidation sites excluding steroid dienone is 1. The number of H-pyrrole nitrogens is 1. The van der Waals surface area contributed by atoms with Crippen molar-refractivity contribution < 1.29 is 46.7 Å². The molecule has 2 atom stereocenters. The lowest BCUT2D eigenvalue weighted by atomic mass is 9.72. The first-order chi connectivity index (χ1) is 42.9. The average molecular weight is 1250 g/mol. The summed E-state index contributed by atoms with van der Waals surface area (Å²) >= 11 is 6.27. The maximum atomic E-state index is 14.2. The van der Waals surface area contributed by atoms with Crippen molar-refractivity contribution >= 4 is 78.9 Å². The lowest BCUT2D eigenvalue weighted by Gasteiger charge is -2.39. The van der Waals surface area contributed by atoms with E-state index in [-0.39, 0.29) is 53.1 Å². The van der Waals surface area contributed by atoms with E-state index in [1.165, 1.54) is 46.0 Å². The predicted molar refractivity (Wildman–Crippen MR) is 338 cm³/mol. The van der Waals surface area contributed by atoms with Gasteiger partial charge in [-0.1, -0.05) is 67.1 Å². The number of piperidine rings is 2. The molecule has 466 valence electrons. The van der Waals surface area contributed by atoms with Gasteiger partial charge in [0, 0.05) is 112 Å². The molecule has 3 saturated heterocycles. The van der Waals surface area contributed by atoms with Gasteiger partial charge in [0.05, 0.1) is 53.6 Å². The number of hydrogen-bond donors (Lipinski definition) is 4. The van der Waals surface area contributed by atoms with E-state index in [0.29, 0.717) is 88.0 Å².